The van der Waals surface area contributed by atoms with E-state index in [1.807, 2.05) is 12.1 Å². The fourth-order valence-corrected chi connectivity index (χ4v) is 3.50. The van der Waals surface area contributed by atoms with Crippen molar-refractivity contribution in [3.05, 3.63) is 35.6 Å². The highest BCUT2D eigenvalue weighted by atomic mass is 127. The van der Waals surface area contributed by atoms with Gasteiger partial charge in [0.15, 0.2) is 5.96 Å². The maximum atomic E-state index is 13.4. The first-order valence-electron chi connectivity index (χ1n) is 10.7. The Morgan fingerprint density at radius 1 is 1.16 bits per heavy atom. The molecule has 1 heterocycles. The second-order valence-electron chi connectivity index (χ2n) is 7.34. The molecule has 0 radical (unpaired) electrons. The third kappa shape index (κ3) is 10.6. The van der Waals surface area contributed by atoms with Gasteiger partial charge in [-0.25, -0.2) is 4.39 Å². The number of aliphatic imine (C=N–C) groups is 1. The SMILES string of the molecule is CN=C(NCCCCCCC(=O)OC)NCC(c1ccc(F)cc1)N1CCOCC1.I. The molecular weight excluding hydrogens is 514 g/mol. The van der Waals surface area contributed by atoms with Crippen LogP contribution in [0.3, 0.4) is 0 Å². The molecule has 1 aromatic carbocycles. The number of hydrogen-bond acceptors (Lipinski definition) is 5. The zero-order valence-electron chi connectivity index (χ0n) is 18.6. The number of nitrogens with zero attached hydrogens (tertiary/aromatic N) is 2. The van der Waals surface area contributed by atoms with Crippen LogP contribution in [0.25, 0.3) is 0 Å². The summed E-state index contributed by atoms with van der Waals surface area (Å²) in [5.74, 6) is 0.384. The number of rotatable bonds is 11. The Bertz CT molecular complexity index is 655. The summed E-state index contributed by atoms with van der Waals surface area (Å²) in [6, 6.07) is 6.83. The monoisotopic (exact) mass is 550 g/mol. The number of ether oxygens (including phenoxy) is 2. The van der Waals surface area contributed by atoms with Crippen molar-refractivity contribution in [2.75, 3.05) is 53.6 Å². The molecule has 0 saturated carbocycles. The molecule has 0 bridgehead atoms. The molecule has 0 aliphatic carbocycles. The highest BCUT2D eigenvalue weighted by molar-refractivity contribution is 14.0. The summed E-state index contributed by atoms with van der Waals surface area (Å²) in [5.41, 5.74) is 1.08. The van der Waals surface area contributed by atoms with Gasteiger partial charge in [0.25, 0.3) is 0 Å². The van der Waals surface area contributed by atoms with Crippen molar-refractivity contribution in [3.8, 4) is 0 Å². The zero-order valence-corrected chi connectivity index (χ0v) is 20.9. The number of morpholine rings is 1. The van der Waals surface area contributed by atoms with Gasteiger partial charge < -0.3 is 20.1 Å². The van der Waals surface area contributed by atoms with Gasteiger partial charge in [-0.05, 0) is 30.5 Å². The minimum absolute atomic E-state index is 0. The van der Waals surface area contributed by atoms with E-state index in [0.29, 0.717) is 26.2 Å². The second-order valence-corrected chi connectivity index (χ2v) is 7.34. The molecule has 0 spiro atoms. The zero-order chi connectivity index (χ0) is 21.6. The molecule has 0 amide bonds. The van der Waals surface area contributed by atoms with E-state index in [4.69, 9.17) is 4.74 Å². The van der Waals surface area contributed by atoms with Crippen LogP contribution in [0, 0.1) is 5.82 Å². The molecule has 1 aliphatic rings. The van der Waals surface area contributed by atoms with E-state index in [2.05, 4.69) is 25.3 Å². The maximum absolute atomic E-state index is 13.4. The van der Waals surface area contributed by atoms with Crippen LogP contribution in [-0.4, -0.2) is 70.4 Å². The van der Waals surface area contributed by atoms with E-state index in [1.54, 1.807) is 7.05 Å². The van der Waals surface area contributed by atoms with Crippen molar-refractivity contribution in [2.45, 2.75) is 38.1 Å². The van der Waals surface area contributed by atoms with E-state index >= 15 is 0 Å². The summed E-state index contributed by atoms with van der Waals surface area (Å²) in [4.78, 5) is 17.8. The average molecular weight is 550 g/mol. The number of nitrogens with one attached hydrogen (secondary N) is 2. The fourth-order valence-electron chi connectivity index (χ4n) is 3.50. The molecule has 2 N–H and O–H groups in total. The Morgan fingerprint density at radius 2 is 1.84 bits per heavy atom. The number of methoxy groups -OCH3 is 1. The van der Waals surface area contributed by atoms with Crippen molar-refractivity contribution < 1.29 is 18.7 Å². The predicted octanol–water partition coefficient (Wildman–Crippen LogP) is 3.11. The Kier molecular flexibility index (Phi) is 14.4. The number of halogens is 2. The predicted molar refractivity (Wildman–Crippen MR) is 131 cm³/mol. The maximum Gasteiger partial charge on any atom is 0.305 e. The fraction of sp³-hybridized carbons (Fsp3) is 0.636. The van der Waals surface area contributed by atoms with Crippen LogP contribution in [0.5, 0.6) is 0 Å². The first-order chi connectivity index (χ1) is 14.6. The van der Waals surface area contributed by atoms with E-state index in [-0.39, 0.29) is 41.8 Å². The highest BCUT2D eigenvalue weighted by Gasteiger charge is 2.23. The second kappa shape index (κ2) is 16.2. The van der Waals surface area contributed by atoms with E-state index in [0.717, 1.165) is 56.8 Å². The molecule has 1 aliphatic heterocycles. The van der Waals surface area contributed by atoms with Gasteiger partial charge in [-0.3, -0.25) is 14.7 Å². The van der Waals surface area contributed by atoms with Crippen LogP contribution in [0.2, 0.25) is 0 Å². The van der Waals surface area contributed by atoms with E-state index in [9.17, 15) is 9.18 Å². The smallest absolute Gasteiger partial charge is 0.305 e. The summed E-state index contributed by atoms with van der Waals surface area (Å²) in [7, 11) is 3.18. The van der Waals surface area contributed by atoms with Gasteiger partial charge in [-0.1, -0.05) is 25.0 Å². The number of unbranched alkanes of at least 4 members (excludes halogenated alkanes) is 3. The van der Waals surface area contributed by atoms with E-state index in [1.165, 1.54) is 19.2 Å². The van der Waals surface area contributed by atoms with Gasteiger partial charge in [-0.15, -0.1) is 24.0 Å². The van der Waals surface area contributed by atoms with Gasteiger partial charge in [-0.2, -0.15) is 0 Å². The molecule has 1 unspecified atom stereocenters. The quantitative estimate of drug-likeness (QED) is 0.145. The summed E-state index contributed by atoms with van der Waals surface area (Å²) in [6.45, 7) is 4.60. The van der Waals surface area contributed by atoms with Crippen LogP contribution in [0.4, 0.5) is 4.39 Å². The normalized spacial score (nSPS) is 15.6. The van der Waals surface area contributed by atoms with Gasteiger partial charge in [0.2, 0.25) is 0 Å². The number of benzene rings is 1. The largest absolute Gasteiger partial charge is 0.469 e. The van der Waals surface area contributed by atoms with Crippen LogP contribution in [-0.2, 0) is 14.3 Å². The molecule has 31 heavy (non-hydrogen) atoms. The third-order valence-corrected chi connectivity index (χ3v) is 5.26. The summed E-state index contributed by atoms with van der Waals surface area (Å²) < 4.78 is 23.5. The molecule has 2 rings (SSSR count). The van der Waals surface area contributed by atoms with Gasteiger partial charge >= 0.3 is 5.97 Å². The minimum Gasteiger partial charge on any atom is -0.469 e. The average Bonchev–Trinajstić information content (AvgIpc) is 2.78. The van der Waals surface area contributed by atoms with Gasteiger partial charge in [0.05, 0.1) is 26.4 Å². The lowest BCUT2D eigenvalue weighted by atomic mass is 10.0. The number of carbonyl (C=O) groups is 1. The van der Waals surface area contributed by atoms with Crippen molar-refractivity contribution in [1.82, 2.24) is 15.5 Å². The lowest BCUT2D eigenvalue weighted by Gasteiger charge is -2.35. The number of guanidine groups is 1. The first-order valence-corrected chi connectivity index (χ1v) is 10.7. The van der Waals surface area contributed by atoms with Gasteiger partial charge in [0.1, 0.15) is 5.82 Å². The number of carbonyl (C=O) groups excluding carboxylic acids is 1. The van der Waals surface area contributed by atoms with Crippen molar-refractivity contribution in [2.24, 2.45) is 4.99 Å². The topological polar surface area (TPSA) is 75.2 Å². The van der Waals surface area contributed by atoms with Crippen molar-refractivity contribution >= 4 is 35.9 Å². The molecule has 1 aromatic rings. The molecule has 1 saturated heterocycles. The Morgan fingerprint density at radius 3 is 2.48 bits per heavy atom. The molecule has 7 nitrogen and oxygen atoms in total. The summed E-state index contributed by atoms with van der Waals surface area (Å²) >= 11 is 0. The van der Waals surface area contributed by atoms with Crippen LogP contribution < -0.4 is 10.6 Å². The minimum atomic E-state index is -0.225. The number of hydrogen-bond donors (Lipinski definition) is 2. The molecule has 0 aromatic heterocycles. The highest BCUT2D eigenvalue weighted by Crippen LogP contribution is 2.21. The summed E-state index contributed by atoms with van der Waals surface area (Å²) in [6.07, 6.45) is 4.41. The Labute approximate surface area is 202 Å². The van der Waals surface area contributed by atoms with Crippen molar-refractivity contribution in [1.29, 1.82) is 0 Å². The first kappa shape index (κ1) is 27.6. The Hall–Kier alpha value is -1.46. The van der Waals surface area contributed by atoms with E-state index < -0.39 is 0 Å². The summed E-state index contributed by atoms with van der Waals surface area (Å²) in [5, 5.41) is 6.75. The van der Waals surface area contributed by atoms with Crippen LogP contribution in [0.1, 0.15) is 43.7 Å². The molecule has 176 valence electrons. The lowest BCUT2D eigenvalue weighted by molar-refractivity contribution is -0.140. The molecule has 9 heteroatoms. The van der Waals surface area contributed by atoms with Crippen molar-refractivity contribution in [3.63, 3.8) is 0 Å². The Balaban J connectivity index is 0.00000480. The number of esters is 1. The third-order valence-electron chi connectivity index (χ3n) is 5.26. The molecule has 1 atom stereocenters. The van der Waals surface area contributed by atoms with Gasteiger partial charge in [0, 0.05) is 39.6 Å². The standard InChI is InChI=1S/C22H35FN4O3.HI/c1-24-22(25-12-6-4-3-5-7-21(28)29-2)26-17-20(27-13-15-30-16-14-27)18-8-10-19(23)11-9-18;/h8-11,20H,3-7,12-17H2,1-2H3,(H2,24,25,26);1H. The van der Waals surface area contributed by atoms with Crippen LogP contribution in [0.15, 0.2) is 29.3 Å². The molecular formula is C22H36FIN4O3. The lowest BCUT2D eigenvalue weighted by Crippen LogP contribution is -2.46. The van der Waals surface area contributed by atoms with Crippen LogP contribution >= 0.6 is 24.0 Å². The molecule has 1 fully saturated rings.